The zero-order chi connectivity index (χ0) is 29.9. The van der Waals surface area contributed by atoms with Crippen molar-refractivity contribution < 1.29 is 27.5 Å². The van der Waals surface area contributed by atoms with Gasteiger partial charge in [0.2, 0.25) is 5.91 Å². The van der Waals surface area contributed by atoms with Crippen LogP contribution in [-0.2, 0) is 24.4 Å². The van der Waals surface area contributed by atoms with E-state index < -0.39 is 11.9 Å². The fraction of sp³-hybridized carbons (Fsp3) is 0.333. The first-order valence-corrected chi connectivity index (χ1v) is 13.5. The lowest BCUT2D eigenvalue weighted by Gasteiger charge is -2.35. The lowest BCUT2D eigenvalue weighted by molar-refractivity contribution is -0.141. The molecule has 2 aliphatic heterocycles. The van der Waals surface area contributed by atoms with E-state index in [0.29, 0.717) is 64.2 Å². The van der Waals surface area contributed by atoms with Crippen molar-refractivity contribution in [3.63, 3.8) is 0 Å². The molecule has 0 radical (unpaired) electrons. The number of ether oxygens (including phenoxy) is 1. The van der Waals surface area contributed by atoms with E-state index in [1.165, 1.54) is 13.2 Å². The molecule has 4 heterocycles. The lowest BCUT2D eigenvalue weighted by atomic mass is 9.90. The number of anilines is 2. The summed E-state index contributed by atoms with van der Waals surface area (Å²) in [5.74, 6) is 0.229. The lowest BCUT2D eigenvalue weighted by Crippen LogP contribution is -2.48. The zero-order valence-electron chi connectivity index (χ0n) is 23.6. The number of rotatable bonds is 4. The molecule has 2 aliphatic rings. The van der Waals surface area contributed by atoms with Gasteiger partial charge in [-0.2, -0.15) is 18.3 Å². The number of likely N-dealkylation sites (N-methyl/N-ethyl adjacent to an activating group) is 1. The molecule has 2 aromatic heterocycles. The maximum Gasteiger partial charge on any atom is 0.435 e. The van der Waals surface area contributed by atoms with Gasteiger partial charge in [0, 0.05) is 68.2 Å². The molecule has 0 spiro atoms. The van der Waals surface area contributed by atoms with Crippen LogP contribution in [0.5, 0.6) is 5.75 Å². The van der Waals surface area contributed by atoms with Crippen LogP contribution >= 0.6 is 0 Å². The van der Waals surface area contributed by atoms with Crippen molar-refractivity contribution in [1.82, 2.24) is 19.7 Å². The summed E-state index contributed by atoms with van der Waals surface area (Å²) in [4.78, 5) is 36.7. The first-order valence-electron chi connectivity index (χ1n) is 13.5. The van der Waals surface area contributed by atoms with Crippen LogP contribution in [0.4, 0.5) is 24.5 Å². The van der Waals surface area contributed by atoms with Crippen LogP contribution in [0.25, 0.3) is 22.0 Å². The molecule has 1 saturated heterocycles. The van der Waals surface area contributed by atoms with E-state index in [0.717, 1.165) is 10.4 Å². The van der Waals surface area contributed by atoms with E-state index in [-0.39, 0.29) is 30.5 Å². The fourth-order valence-corrected chi connectivity index (χ4v) is 5.84. The number of amides is 2. The largest absolute Gasteiger partial charge is 0.497 e. The summed E-state index contributed by atoms with van der Waals surface area (Å²) in [7, 11) is 4.77. The third-order valence-corrected chi connectivity index (χ3v) is 7.92. The molecule has 0 N–H and O–H groups in total. The second-order valence-electron chi connectivity index (χ2n) is 10.7. The van der Waals surface area contributed by atoms with Gasteiger partial charge in [-0.3, -0.25) is 19.3 Å². The number of alkyl halides is 3. The highest BCUT2D eigenvalue weighted by molar-refractivity contribution is 6.14. The highest BCUT2D eigenvalue weighted by atomic mass is 19.4. The Kier molecular flexibility index (Phi) is 6.58. The summed E-state index contributed by atoms with van der Waals surface area (Å²) in [6.45, 7) is 3.46. The van der Waals surface area contributed by atoms with Crippen LogP contribution in [0.3, 0.4) is 0 Å². The minimum absolute atomic E-state index is 0.00832. The number of aromatic nitrogens is 3. The highest BCUT2D eigenvalue weighted by Gasteiger charge is 2.39. The van der Waals surface area contributed by atoms with Gasteiger partial charge < -0.3 is 19.4 Å². The number of nitrogens with zero attached hydrogens (tertiary/aromatic N) is 6. The Labute approximate surface area is 240 Å². The van der Waals surface area contributed by atoms with Crippen molar-refractivity contribution in [3.8, 4) is 16.9 Å². The minimum Gasteiger partial charge on any atom is -0.497 e. The molecule has 2 amide bonds. The Bertz CT molecular complexity index is 1750. The quantitative estimate of drug-likeness (QED) is 0.356. The molecule has 42 heavy (non-hydrogen) atoms. The van der Waals surface area contributed by atoms with Gasteiger partial charge in [-0.25, -0.2) is 0 Å². The number of aryl methyl sites for hydroxylation is 2. The standard InChI is InChI=1S/C30H29F3N6O3/c1-17-12-24(22-13-18(42-4)14-25(27(22)34-17)38-11-10-36(2)26(40)16-38)39-9-8-20-19(6-5-7-21(20)29(39)41)23-15-37(3)35-28(23)30(31,32)33/h5-7,12-15H,8-11,16H2,1-4H3. The van der Waals surface area contributed by atoms with Gasteiger partial charge >= 0.3 is 6.18 Å². The summed E-state index contributed by atoms with van der Waals surface area (Å²) < 4.78 is 48.2. The normalized spacial score (nSPS) is 15.9. The molecule has 0 atom stereocenters. The van der Waals surface area contributed by atoms with Crippen molar-refractivity contribution in [3.05, 3.63) is 65.1 Å². The van der Waals surface area contributed by atoms with Crippen molar-refractivity contribution in [2.75, 3.05) is 50.1 Å². The molecule has 9 nitrogen and oxygen atoms in total. The Balaban J connectivity index is 1.46. The number of fused-ring (bicyclic) bond motifs is 2. The number of hydrogen-bond donors (Lipinski definition) is 0. The number of carbonyl (C=O) groups excluding carboxylic acids is 2. The van der Waals surface area contributed by atoms with Gasteiger partial charge in [-0.15, -0.1) is 0 Å². The zero-order valence-corrected chi connectivity index (χ0v) is 23.6. The van der Waals surface area contributed by atoms with Crippen molar-refractivity contribution in [2.24, 2.45) is 7.05 Å². The molecule has 2 aromatic carbocycles. The Morgan fingerprint density at radius 3 is 2.43 bits per heavy atom. The van der Waals surface area contributed by atoms with Crippen LogP contribution in [-0.4, -0.2) is 71.8 Å². The van der Waals surface area contributed by atoms with Gasteiger partial charge in [0.15, 0.2) is 5.69 Å². The van der Waals surface area contributed by atoms with E-state index in [4.69, 9.17) is 9.72 Å². The molecule has 0 unspecified atom stereocenters. The van der Waals surface area contributed by atoms with Gasteiger partial charge in [0.25, 0.3) is 5.91 Å². The van der Waals surface area contributed by atoms with Crippen LogP contribution in [0.2, 0.25) is 0 Å². The number of carbonyl (C=O) groups is 2. The number of pyridine rings is 1. The fourth-order valence-electron chi connectivity index (χ4n) is 5.84. The topological polar surface area (TPSA) is 83.8 Å². The molecule has 218 valence electrons. The molecule has 1 fully saturated rings. The first-order chi connectivity index (χ1) is 20.0. The van der Waals surface area contributed by atoms with E-state index in [2.05, 4.69) is 5.10 Å². The van der Waals surface area contributed by atoms with Crippen molar-refractivity contribution in [1.29, 1.82) is 0 Å². The van der Waals surface area contributed by atoms with Crippen LogP contribution in [0.15, 0.2) is 42.6 Å². The number of piperazine rings is 1. The van der Waals surface area contributed by atoms with Crippen LogP contribution < -0.4 is 14.5 Å². The Morgan fingerprint density at radius 1 is 0.952 bits per heavy atom. The van der Waals surface area contributed by atoms with Crippen molar-refractivity contribution >= 4 is 34.1 Å². The molecule has 12 heteroatoms. The van der Waals surface area contributed by atoms with E-state index in [1.807, 2.05) is 30.0 Å². The number of halogens is 3. The maximum atomic E-state index is 14.0. The number of methoxy groups -OCH3 is 1. The third-order valence-electron chi connectivity index (χ3n) is 7.92. The van der Waals surface area contributed by atoms with Crippen LogP contribution in [0.1, 0.15) is 27.3 Å². The SMILES string of the molecule is COc1cc(N2CCN(C)C(=O)C2)c2nc(C)cc(N3CCc4c(cccc4-c4cn(C)nc4C(F)(F)F)C3=O)c2c1. The first kappa shape index (κ1) is 27.6. The number of benzene rings is 2. The van der Waals surface area contributed by atoms with Gasteiger partial charge in [-0.1, -0.05) is 12.1 Å². The molecule has 0 saturated carbocycles. The third kappa shape index (κ3) is 4.60. The van der Waals surface area contributed by atoms with Gasteiger partial charge in [-0.05, 0) is 42.7 Å². The molecular weight excluding hydrogens is 549 g/mol. The molecule has 4 aromatic rings. The minimum atomic E-state index is -4.64. The summed E-state index contributed by atoms with van der Waals surface area (Å²) in [6, 6.07) is 10.4. The predicted molar refractivity (Wildman–Crippen MR) is 152 cm³/mol. The molecular formula is C30H29F3N6O3. The summed E-state index contributed by atoms with van der Waals surface area (Å²) in [5.41, 5.74) is 2.89. The average molecular weight is 579 g/mol. The van der Waals surface area contributed by atoms with Gasteiger partial charge in [0.1, 0.15) is 5.75 Å². The van der Waals surface area contributed by atoms with Crippen molar-refractivity contribution in [2.45, 2.75) is 19.5 Å². The number of hydrogen-bond acceptors (Lipinski definition) is 6. The van der Waals surface area contributed by atoms with Crippen LogP contribution in [0, 0.1) is 6.92 Å². The van der Waals surface area contributed by atoms with Gasteiger partial charge in [0.05, 0.1) is 30.5 Å². The van der Waals surface area contributed by atoms with E-state index in [9.17, 15) is 22.8 Å². The highest BCUT2D eigenvalue weighted by Crippen LogP contribution is 2.42. The second kappa shape index (κ2) is 10.0. The molecule has 0 aliphatic carbocycles. The predicted octanol–water partition coefficient (Wildman–Crippen LogP) is 4.45. The Morgan fingerprint density at radius 2 is 1.71 bits per heavy atom. The maximum absolute atomic E-state index is 14.0. The monoisotopic (exact) mass is 578 g/mol. The molecule has 0 bridgehead atoms. The average Bonchev–Trinajstić information content (AvgIpc) is 3.36. The van der Waals surface area contributed by atoms with E-state index in [1.54, 1.807) is 42.2 Å². The smallest absolute Gasteiger partial charge is 0.435 e. The summed E-state index contributed by atoms with van der Waals surface area (Å²) >= 11 is 0. The second-order valence-corrected chi connectivity index (χ2v) is 10.7. The molecule has 6 rings (SSSR count). The van der Waals surface area contributed by atoms with E-state index >= 15 is 0 Å². The summed E-state index contributed by atoms with van der Waals surface area (Å²) in [5, 5.41) is 4.34. The Hall–Kier alpha value is -4.61. The summed E-state index contributed by atoms with van der Waals surface area (Å²) in [6.07, 6.45) is -2.95.